The van der Waals surface area contributed by atoms with Crippen LogP contribution in [0.15, 0.2) is 11.6 Å². The van der Waals surface area contributed by atoms with Crippen LogP contribution in [0.1, 0.15) is 77.0 Å². The van der Waals surface area contributed by atoms with E-state index in [9.17, 15) is 0 Å². The second kappa shape index (κ2) is 4.70. The molecule has 0 saturated heterocycles. The fourth-order valence-corrected chi connectivity index (χ4v) is 8.08. The average molecular weight is 300 g/mol. The molecule has 0 aliphatic heterocycles. The summed E-state index contributed by atoms with van der Waals surface area (Å²) in [6.45, 7) is 0. The molecule has 114 valence electrons. The molecule has 1 heteroatoms. The molecule has 0 N–H and O–H groups in total. The summed E-state index contributed by atoms with van der Waals surface area (Å²) >= 11 is 0. The van der Waals surface area contributed by atoms with Crippen LogP contribution < -0.4 is 0 Å². The van der Waals surface area contributed by atoms with Gasteiger partial charge < -0.3 is 0 Å². The predicted molar refractivity (Wildman–Crippen MR) is 92.1 cm³/mol. The molecule has 5 fully saturated rings. The van der Waals surface area contributed by atoms with Crippen LogP contribution in [0.25, 0.3) is 0 Å². The van der Waals surface area contributed by atoms with Crippen molar-refractivity contribution in [2.45, 2.75) is 82.2 Å². The summed E-state index contributed by atoms with van der Waals surface area (Å²) in [5.74, 6) is 6.17. The van der Waals surface area contributed by atoms with Crippen molar-refractivity contribution in [1.29, 1.82) is 0 Å². The van der Waals surface area contributed by atoms with Gasteiger partial charge in [-0.15, -0.1) is 0 Å². The Morgan fingerprint density at radius 3 is 2.14 bits per heavy atom. The Morgan fingerprint density at radius 1 is 0.952 bits per heavy atom. The van der Waals surface area contributed by atoms with Crippen molar-refractivity contribution in [3.8, 4) is 0 Å². The van der Waals surface area contributed by atoms with Gasteiger partial charge >= 0.3 is 0 Å². The lowest BCUT2D eigenvalue weighted by molar-refractivity contribution is -0.00856. The molecular formula is C20H29P. The van der Waals surface area contributed by atoms with Gasteiger partial charge in [0.05, 0.1) is 0 Å². The monoisotopic (exact) mass is 300 g/mol. The Balaban J connectivity index is 1.38. The Labute approximate surface area is 131 Å². The van der Waals surface area contributed by atoms with Crippen molar-refractivity contribution in [2.24, 2.45) is 23.2 Å². The first-order valence-corrected chi connectivity index (χ1v) is 10.5. The molecule has 0 unspecified atom stereocenters. The van der Waals surface area contributed by atoms with E-state index >= 15 is 0 Å². The zero-order valence-corrected chi connectivity index (χ0v) is 14.2. The standard InChI is InChI=1S/C20H29P/c1-2-4-18(5-3-1)20(6-7-20)21-14-19-11-15-8-16(12-19)10-17(9-15)13-19/h4,14-17H,1-3,5-13H2. The summed E-state index contributed by atoms with van der Waals surface area (Å²) in [5.41, 5.74) is 2.54. The Kier molecular flexibility index (Phi) is 2.99. The van der Waals surface area contributed by atoms with Gasteiger partial charge in [-0.3, -0.25) is 0 Å². The van der Waals surface area contributed by atoms with Gasteiger partial charge in [0.1, 0.15) is 0 Å². The van der Waals surface area contributed by atoms with Gasteiger partial charge in [-0.25, -0.2) is 0 Å². The molecule has 0 nitrogen and oxygen atoms in total. The molecule has 0 aromatic heterocycles. The summed E-state index contributed by atoms with van der Waals surface area (Å²) in [5, 5.41) is 0.643. The van der Waals surface area contributed by atoms with Crippen molar-refractivity contribution in [1.82, 2.24) is 0 Å². The van der Waals surface area contributed by atoms with Crippen molar-refractivity contribution in [3.05, 3.63) is 11.6 Å². The van der Waals surface area contributed by atoms with Gasteiger partial charge in [-0.1, -0.05) is 25.6 Å². The van der Waals surface area contributed by atoms with E-state index in [0.717, 1.165) is 17.8 Å². The molecule has 6 aliphatic carbocycles. The highest BCUT2D eigenvalue weighted by molar-refractivity contribution is 7.41. The molecule has 0 amide bonds. The number of hydrogen-bond acceptors (Lipinski definition) is 0. The SMILES string of the molecule is C(=PC1(C2=CCCCC2)CC1)C12CC3CC(CC(C3)C1)C2. The zero-order valence-electron chi connectivity index (χ0n) is 13.3. The molecule has 6 rings (SSSR count). The molecule has 5 saturated carbocycles. The second-order valence-electron chi connectivity index (χ2n) is 9.04. The van der Waals surface area contributed by atoms with E-state index < -0.39 is 0 Å². The van der Waals surface area contributed by atoms with Gasteiger partial charge in [0.2, 0.25) is 0 Å². The maximum absolute atomic E-state index is 2.86. The third-order valence-corrected chi connectivity index (χ3v) is 9.19. The van der Waals surface area contributed by atoms with Gasteiger partial charge in [0.15, 0.2) is 0 Å². The quantitative estimate of drug-likeness (QED) is 0.444. The molecule has 0 aromatic rings. The van der Waals surface area contributed by atoms with Crippen molar-refractivity contribution >= 4 is 14.0 Å². The van der Waals surface area contributed by atoms with E-state index in [-0.39, 0.29) is 0 Å². The Hall–Kier alpha value is -0.0900. The highest BCUT2D eigenvalue weighted by atomic mass is 31.1. The van der Waals surface area contributed by atoms with Crippen molar-refractivity contribution in [3.63, 3.8) is 0 Å². The molecule has 21 heavy (non-hydrogen) atoms. The fourth-order valence-electron chi connectivity index (χ4n) is 6.51. The van der Waals surface area contributed by atoms with Gasteiger partial charge in [0, 0.05) is 5.16 Å². The summed E-state index contributed by atoms with van der Waals surface area (Å²) in [6.07, 6.45) is 20.7. The first kappa shape index (κ1) is 13.4. The summed E-state index contributed by atoms with van der Waals surface area (Å²) in [4.78, 5) is 0. The predicted octanol–water partition coefficient (Wildman–Crippen LogP) is 5.98. The lowest BCUT2D eigenvalue weighted by Gasteiger charge is -2.55. The minimum Gasteiger partial charge on any atom is -0.0970 e. The maximum atomic E-state index is 2.86. The molecular weight excluding hydrogens is 271 g/mol. The molecule has 0 spiro atoms. The lowest BCUT2D eigenvalue weighted by atomic mass is 9.50. The summed E-state index contributed by atoms with van der Waals surface area (Å²) in [7, 11) is 1.72. The van der Waals surface area contributed by atoms with E-state index in [1.165, 1.54) is 38.5 Å². The van der Waals surface area contributed by atoms with Crippen LogP contribution in [0, 0.1) is 23.2 Å². The first-order chi connectivity index (χ1) is 10.3. The van der Waals surface area contributed by atoms with E-state index in [0.29, 0.717) is 10.6 Å². The van der Waals surface area contributed by atoms with Crippen LogP contribution in [0.5, 0.6) is 0 Å². The molecule has 0 radical (unpaired) electrons. The minimum atomic E-state index is 0.643. The molecule has 0 atom stereocenters. The highest BCUT2D eigenvalue weighted by Gasteiger charge is 2.51. The van der Waals surface area contributed by atoms with E-state index in [1.54, 1.807) is 46.7 Å². The van der Waals surface area contributed by atoms with Gasteiger partial charge in [0.25, 0.3) is 0 Å². The largest absolute Gasteiger partial charge is 0.0970 e. The van der Waals surface area contributed by atoms with Gasteiger partial charge in [-0.05, 0) is 100 Å². The smallest absolute Gasteiger partial charge is 0.0328 e. The molecule has 0 heterocycles. The van der Waals surface area contributed by atoms with E-state index in [1.807, 2.05) is 5.57 Å². The Morgan fingerprint density at radius 2 is 1.62 bits per heavy atom. The summed E-state index contributed by atoms with van der Waals surface area (Å²) in [6, 6.07) is 0. The number of hydrogen-bond donors (Lipinski definition) is 0. The number of rotatable bonds is 3. The second-order valence-corrected chi connectivity index (χ2v) is 10.4. The Bertz CT molecular complexity index is 459. The normalized spacial score (nSPS) is 46.9. The van der Waals surface area contributed by atoms with Crippen molar-refractivity contribution < 1.29 is 0 Å². The third-order valence-electron chi connectivity index (χ3n) is 7.28. The lowest BCUT2D eigenvalue weighted by Crippen LogP contribution is -2.46. The van der Waals surface area contributed by atoms with E-state index in [4.69, 9.17) is 0 Å². The first-order valence-electron chi connectivity index (χ1n) is 9.51. The number of allylic oxidation sites excluding steroid dienone is 2. The molecule has 6 aliphatic rings. The fraction of sp³-hybridized carbons (Fsp3) is 0.850. The topological polar surface area (TPSA) is 0 Å². The molecule has 4 bridgehead atoms. The van der Waals surface area contributed by atoms with Crippen LogP contribution in [0.2, 0.25) is 0 Å². The van der Waals surface area contributed by atoms with Gasteiger partial charge in [-0.2, -0.15) is 0 Å². The highest BCUT2D eigenvalue weighted by Crippen LogP contribution is 2.62. The zero-order chi connectivity index (χ0) is 13.9. The minimum absolute atomic E-state index is 0.643. The van der Waals surface area contributed by atoms with Crippen LogP contribution >= 0.6 is 8.20 Å². The average Bonchev–Trinajstić information content (AvgIpc) is 3.26. The maximum Gasteiger partial charge on any atom is 0.0328 e. The van der Waals surface area contributed by atoms with Crippen molar-refractivity contribution in [2.75, 3.05) is 0 Å². The summed E-state index contributed by atoms with van der Waals surface area (Å²) < 4.78 is 0. The van der Waals surface area contributed by atoms with Crippen LogP contribution in [0.4, 0.5) is 0 Å². The van der Waals surface area contributed by atoms with Crippen LogP contribution in [0.3, 0.4) is 0 Å². The molecule has 0 aromatic carbocycles. The van der Waals surface area contributed by atoms with E-state index in [2.05, 4.69) is 11.9 Å². The van der Waals surface area contributed by atoms with Crippen LogP contribution in [-0.4, -0.2) is 11.0 Å². The third kappa shape index (κ3) is 2.28. The van der Waals surface area contributed by atoms with Crippen LogP contribution in [-0.2, 0) is 0 Å².